The molecule has 0 N–H and O–H groups in total. The highest BCUT2D eigenvalue weighted by Gasteiger charge is 2.36. The molecule has 1 heterocycles. The van der Waals surface area contributed by atoms with E-state index in [1.807, 2.05) is 26.0 Å². The lowest BCUT2D eigenvalue weighted by atomic mass is 9.89. The number of imide groups is 1. The molecule has 0 spiro atoms. The molecule has 1 saturated heterocycles. The monoisotopic (exact) mass is 495 g/mol. The molecule has 2 fully saturated rings. The van der Waals surface area contributed by atoms with Crippen LogP contribution < -0.4 is 9.47 Å². The van der Waals surface area contributed by atoms with Crippen molar-refractivity contribution in [3.63, 3.8) is 0 Å². The van der Waals surface area contributed by atoms with Crippen LogP contribution in [-0.2, 0) is 4.79 Å². The molecule has 1 aromatic rings. The minimum atomic E-state index is -0.190. The third-order valence-corrected chi connectivity index (χ3v) is 7.06. The smallest absolute Gasteiger partial charge is 0.293 e. The molecule has 2 aliphatic rings. The van der Waals surface area contributed by atoms with Crippen LogP contribution in [0.15, 0.2) is 21.5 Å². The van der Waals surface area contributed by atoms with Gasteiger partial charge in [-0.1, -0.05) is 26.2 Å². The molecule has 30 heavy (non-hydrogen) atoms. The minimum Gasteiger partial charge on any atom is -0.490 e. The quantitative estimate of drug-likeness (QED) is 0.378. The van der Waals surface area contributed by atoms with Crippen LogP contribution in [0.2, 0.25) is 0 Å². The van der Waals surface area contributed by atoms with E-state index in [2.05, 4.69) is 22.9 Å². The van der Waals surface area contributed by atoms with E-state index in [4.69, 9.17) is 9.47 Å². The fraction of sp³-hybridized carbons (Fsp3) is 0.565. The Morgan fingerprint density at radius 3 is 2.63 bits per heavy atom. The van der Waals surface area contributed by atoms with Crippen molar-refractivity contribution in [3.05, 3.63) is 27.1 Å². The average molecular weight is 496 g/mol. The summed E-state index contributed by atoms with van der Waals surface area (Å²) in [6, 6.07) is 3.76. The summed E-state index contributed by atoms with van der Waals surface area (Å²) in [5.41, 5.74) is 0.796. The highest BCUT2D eigenvalue weighted by atomic mass is 79.9. The first-order chi connectivity index (χ1) is 14.4. The molecule has 7 heteroatoms. The van der Waals surface area contributed by atoms with E-state index in [0.717, 1.165) is 41.1 Å². The molecule has 0 unspecified atom stereocenters. The Hall–Kier alpha value is -1.47. The molecule has 1 aliphatic heterocycles. The van der Waals surface area contributed by atoms with Crippen molar-refractivity contribution in [1.82, 2.24) is 4.90 Å². The van der Waals surface area contributed by atoms with Gasteiger partial charge >= 0.3 is 0 Å². The summed E-state index contributed by atoms with van der Waals surface area (Å²) in [7, 11) is 0. The van der Waals surface area contributed by atoms with Crippen LogP contribution in [0.1, 0.15) is 64.9 Å². The second-order valence-corrected chi connectivity index (χ2v) is 9.74. The normalized spacial score (nSPS) is 20.1. The number of carbonyl (C=O) groups is 2. The maximum Gasteiger partial charge on any atom is 0.293 e. The van der Waals surface area contributed by atoms with Gasteiger partial charge in [0.25, 0.3) is 11.1 Å². The largest absolute Gasteiger partial charge is 0.490 e. The van der Waals surface area contributed by atoms with Gasteiger partial charge in [-0.25, -0.2) is 0 Å². The lowest BCUT2D eigenvalue weighted by Crippen LogP contribution is -2.34. The van der Waals surface area contributed by atoms with Crippen LogP contribution in [0.5, 0.6) is 11.5 Å². The highest BCUT2D eigenvalue weighted by molar-refractivity contribution is 9.10. The third kappa shape index (κ3) is 5.61. The zero-order valence-corrected chi connectivity index (χ0v) is 20.3. The van der Waals surface area contributed by atoms with Gasteiger partial charge in [-0.05, 0) is 90.5 Å². The first kappa shape index (κ1) is 23.2. The van der Waals surface area contributed by atoms with Crippen molar-refractivity contribution >= 4 is 44.9 Å². The van der Waals surface area contributed by atoms with Gasteiger partial charge in [-0.15, -0.1) is 0 Å². The lowest BCUT2D eigenvalue weighted by Gasteiger charge is -2.25. The van der Waals surface area contributed by atoms with E-state index in [9.17, 15) is 9.59 Å². The number of ether oxygens (including phenoxy) is 2. The number of rotatable bonds is 8. The highest BCUT2D eigenvalue weighted by Crippen LogP contribution is 2.40. The molecule has 5 nitrogen and oxygen atoms in total. The predicted octanol–water partition coefficient (Wildman–Crippen LogP) is 6.64. The second kappa shape index (κ2) is 10.7. The Labute approximate surface area is 191 Å². The van der Waals surface area contributed by atoms with Gasteiger partial charge in [0.15, 0.2) is 11.5 Å². The Bertz CT molecular complexity index is 820. The number of hydrogen-bond donors (Lipinski definition) is 0. The second-order valence-electron chi connectivity index (χ2n) is 7.90. The topological polar surface area (TPSA) is 55.8 Å². The van der Waals surface area contributed by atoms with E-state index >= 15 is 0 Å². The number of thioether (sulfide) groups is 1. The van der Waals surface area contributed by atoms with Crippen molar-refractivity contribution in [2.24, 2.45) is 5.92 Å². The fourth-order valence-electron chi connectivity index (χ4n) is 3.77. The molecule has 1 atom stereocenters. The van der Waals surface area contributed by atoms with Gasteiger partial charge < -0.3 is 9.47 Å². The van der Waals surface area contributed by atoms with E-state index in [1.54, 1.807) is 6.08 Å². The predicted molar refractivity (Wildman–Crippen MR) is 125 cm³/mol. The standard InChI is InChI=1S/C23H30BrNO4S/c1-4-15(3)29-21-18(24)11-17(12-19(21)28-5-2)13-20-22(26)25(23(27)30-20)14-16-9-7-6-8-10-16/h11-13,15-16H,4-10,14H2,1-3H3/b20-13+/t15-/m1/s1. The number of amides is 2. The van der Waals surface area contributed by atoms with Crippen molar-refractivity contribution in [1.29, 1.82) is 0 Å². The fourth-order valence-corrected chi connectivity index (χ4v) is 5.17. The van der Waals surface area contributed by atoms with E-state index in [1.165, 1.54) is 24.2 Å². The Morgan fingerprint density at radius 2 is 1.97 bits per heavy atom. The van der Waals surface area contributed by atoms with Gasteiger partial charge in [0.1, 0.15) is 0 Å². The van der Waals surface area contributed by atoms with Crippen LogP contribution in [0.3, 0.4) is 0 Å². The molecule has 0 bridgehead atoms. The van der Waals surface area contributed by atoms with Gasteiger partial charge in [-0.2, -0.15) is 0 Å². The number of hydrogen-bond acceptors (Lipinski definition) is 5. The molecule has 1 aliphatic carbocycles. The van der Waals surface area contributed by atoms with Crippen LogP contribution >= 0.6 is 27.7 Å². The summed E-state index contributed by atoms with van der Waals surface area (Å²) in [5.74, 6) is 1.53. The van der Waals surface area contributed by atoms with E-state index in [-0.39, 0.29) is 17.3 Å². The van der Waals surface area contributed by atoms with Gasteiger partial charge in [0.05, 0.1) is 22.1 Å². The van der Waals surface area contributed by atoms with Crippen LogP contribution in [0, 0.1) is 5.92 Å². The summed E-state index contributed by atoms with van der Waals surface area (Å²) in [6.07, 6.45) is 8.55. The molecule has 2 amide bonds. The maximum absolute atomic E-state index is 12.9. The lowest BCUT2D eigenvalue weighted by molar-refractivity contribution is -0.123. The van der Waals surface area contributed by atoms with Crippen molar-refractivity contribution in [3.8, 4) is 11.5 Å². The molecule has 1 saturated carbocycles. The molecular weight excluding hydrogens is 466 g/mol. The Balaban J connectivity index is 1.81. The van der Waals surface area contributed by atoms with Crippen molar-refractivity contribution in [2.75, 3.05) is 13.2 Å². The SMILES string of the molecule is CCOc1cc(/C=C2/SC(=O)N(CC3CCCCC3)C2=O)cc(Br)c1O[C@H](C)CC. The molecule has 3 rings (SSSR count). The number of halogens is 1. The van der Waals surface area contributed by atoms with Crippen LogP contribution in [0.25, 0.3) is 6.08 Å². The first-order valence-electron chi connectivity index (χ1n) is 10.8. The molecular formula is C23H30BrNO4S. The Kier molecular flexibility index (Phi) is 8.28. The van der Waals surface area contributed by atoms with Gasteiger partial charge in [0.2, 0.25) is 0 Å². The number of nitrogens with zero attached hydrogens (tertiary/aromatic N) is 1. The van der Waals surface area contributed by atoms with E-state index in [0.29, 0.717) is 35.5 Å². The van der Waals surface area contributed by atoms with E-state index < -0.39 is 0 Å². The van der Waals surface area contributed by atoms with Crippen LogP contribution in [-0.4, -0.2) is 35.3 Å². The summed E-state index contributed by atoms with van der Waals surface area (Å²) in [6.45, 7) is 7.04. The first-order valence-corrected chi connectivity index (χ1v) is 12.4. The average Bonchev–Trinajstić information content (AvgIpc) is 2.98. The zero-order valence-electron chi connectivity index (χ0n) is 17.9. The number of carbonyl (C=O) groups excluding carboxylic acids is 2. The van der Waals surface area contributed by atoms with Crippen molar-refractivity contribution < 1.29 is 19.1 Å². The molecule has 164 valence electrons. The maximum atomic E-state index is 12.9. The zero-order chi connectivity index (χ0) is 21.7. The van der Waals surface area contributed by atoms with Crippen LogP contribution in [0.4, 0.5) is 4.79 Å². The molecule has 0 aromatic heterocycles. The van der Waals surface area contributed by atoms with Gasteiger partial charge in [-0.3, -0.25) is 14.5 Å². The molecule has 0 radical (unpaired) electrons. The third-order valence-electron chi connectivity index (χ3n) is 5.56. The molecule has 1 aromatic carbocycles. The summed E-state index contributed by atoms with van der Waals surface area (Å²) >= 11 is 4.60. The number of benzene rings is 1. The summed E-state index contributed by atoms with van der Waals surface area (Å²) in [4.78, 5) is 27.2. The summed E-state index contributed by atoms with van der Waals surface area (Å²) < 4.78 is 12.6. The van der Waals surface area contributed by atoms with Gasteiger partial charge in [0, 0.05) is 6.54 Å². The Morgan fingerprint density at radius 1 is 1.23 bits per heavy atom. The van der Waals surface area contributed by atoms with Crippen molar-refractivity contribution in [2.45, 2.75) is 65.4 Å². The summed E-state index contributed by atoms with van der Waals surface area (Å²) in [5, 5.41) is -0.169. The minimum absolute atomic E-state index is 0.0580.